The van der Waals surface area contributed by atoms with Crippen LogP contribution in [0.15, 0.2) is 0 Å². The smallest absolute Gasteiger partial charge is 0.0698 e. The average Bonchev–Trinajstić information content (AvgIpc) is 2.11. The molecular weight excluding hydrogens is 170 g/mol. The van der Waals surface area contributed by atoms with Gasteiger partial charge in [-0.05, 0) is 12.5 Å². The topological polar surface area (TPSA) is 50.7 Å². The zero-order valence-electron chi connectivity index (χ0n) is 8.58. The van der Waals surface area contributed by atoms with Crippen molar-refractivity contribution >= 4 is 0 Å². The molecule has 0 aliphatic heterocycles. The van der Waals surface area contributed by atoms with Crippen LogP contribution in [0.5, 0.6) is 0 Å². The minimum Gasteiger partial charge on any atom is -0.394 e. The van der Waals surface area contributed by atoms with Gasteiger partial charge in [0.15, 0.2) is 0 Å². The third-order valence-electron chi connectivity index (χ3n) is 1.60. The lowest BCUT2D eigenvalue weighted by Crippen LogP contribution is -2.27. The molecule has 0 rings (SSSR count). The van der Waals surface area contributed by atoms with Gasteiger partial charge in [-0.2, -0.15) is 0 Å². The van der Waals surface area contributed by atoms with Crippen LogP contribution in [0, 0.1) is 5.92 Å². The predicted octanol–water partition coefficient (Wildman–Crippen LogP) is -0.133. The fraction of sp³-hybridized carbons (Fsp3) is 1.00. The molecule has 0 bridgehead atoms. The monoisotopic (exact) mass is 191 g/mol. The Balaban J connectivity index is 2.97. The molecule has 0 saturated heterocycles. The lowest BCUT2D eigenvalue weighted by Gasteiger charge is -2.11. The van der Waals surface area contributed by atoms with Gasteiger partial charge in [-0.15, -0.1) is 0 Å². The summed E-state index contributed by atoms with van der Waals surface area (Å²) in [5.41, 5.74) is 0. The maximum atomic E-state index is 8.42. The summed E-state index contributed by atoms with van der Waals surface area (Å²) < 4.78 is 10.1. The first-order valence-corrected chi connectivity index (χ1v) is 4.69. The molecule has 0 aliphatic carbocycles. The minimum absolute atomic E-state index is 0.0973. The number of rotatable bonds is 9. The summed E-state index contributed by atoms with van der Waals surface area (Å²) in [4.78, 5) is 0. The fourth-order valence-corrected chi connectivity index (χ4v) is 1.00. The van der Waals surface area contributed by atoms with Gasteiger partial charge in [0, 0.05) is 20.3 Å². The molecule has 0 aromatic rings. The van der Waals surface area contributed by atoms with E-state index in [1.807, 2.05) is 0 Å². The van der Waals surface area contributed by atoms with E-state index >= 15 is 0 Å². The standard InChI is InChI=1S/C9H21NO3/c1-9(8-12-2)7-10-3-5-13-6-4-11/h9-11H,3-8H2,1-2H3. The molecule has 0 fully saturated rings. The molecule has 1 unspecified atom stereocenters. The molecule has 4 nitrogen and oxygen atoms in total. The molecule has 4 heteroatoms. The Morgan fingerprint density at radius 2 is 2.15 bits per heavy atom. The third kappa shape index (κ3) is 9.76. The zero-order chi connectivity index (χ0) is 9.94. The molecule has 0 saturated carbocycles. The van der Waals surface area contributed by atoms with E-state index in [2.05, 4.69) is 12.2 Å². The van der Waals surface area contributed by atoms with E-state index in [-0.39, 0.29) is 6.61 Å². The number of hydrogen-bond acceptors (Lipinski definition) is 4. The summed E-state index contributed by atoms with van der Waals surface area (Å²) in [6.07, 6.45) is 0. The molecule has 2 N–H and O–H groups in total. The largest absolute Gasteiger partial charge is 0.394 e. The summed E-state index contributed by atoms with van der Waals surface area (Å²) in [6, 6.07) is 0. The van der Waals surface area contributed by atoms with E-state index in [4.69, 9.17) is 14.6 Å². The average molecular weight is 191 g/mol. The van der Waals surface area contributed by atoms with Crippen molar-refractivity contribution in [3.05, 3.63) is 0 Å². The van der Waals surface area contributed by atoms with Gasteiger partial charge in [-0.3, -0.25) is 0 Å². The Hall–Kier alpha value is -0.160. The molecule has 0 aromatic heterocycles. The second kappa shape index (κ2) is 9.92. The first-order chi connectivity index (χ1) is 6.31. The Labute approximate surface area is 80.2 Å². The first kappa shape index (κ1) is 12.8. The summed E-state index contributed by atoms with van der Waals surface area (Å²) in [5, 5.41) is 11.7. The van der Waals surface area contributed by atoms with Crippen molar-refractivity contribution in [1.82, 2.24) is 5.32 Å². The van der Waals surface area contributed by atoms with Gasteiger partial charge in [0.2, 0.25) is 0 Å². The predicted molar refractivity (Wildman–Crippen MR) is 51.8 cm³/mol. The van der Waals surface area contributed by atoms with Crippen molar-refractivity contribution in [2.75, 3.05) is 46.6 Å². The maximum absolute atomic E-state index is 8.42. The number of aliphatic hydroxyl groups is 1. The van der Waals surface area contributed by atoms with Gasteiger partial charge in [0.1, 0.15) is 0 Å². The van der Waals surface area contributed by atoms with Crippen LogP contribution < -0.4 is 5.32 Å². The normalized spacial score (nSPS) is 13.2. The van der Waals surface area contributed by atoms with Gasteiger partial charge < -0.3 is 19.9 Å². The minimum atomic E-state index is 0.0973. The quantitative estimate of drug-likeness (QED) is 0.498. The molecule has 0 heterocycles. The van der Waals surface area contributed by atoms with Crippen LogP contribution in [0.3, 0.4) is 0 Å². The highest BCUT2D eigenvalue weighted by molar-refractivity contribution is 4.54. The summed E-state index contributed by atoms with van der Waals surface area (Å²) in [6.45, 7) is 5.86. The van der Waals surface area contributed by atoms with Crippen LogP contribution >= 0.6 is 0 Å². The van der Waals surface area contributed by atoms with Gasteiger partial charge in [0.25, 0.3) is 0 Å². The molecule has 13 heavy (non-hydrogen) atoms. The van der Waals surface area contributed by atoms with E-state index in [9.17, 15) is 0 Å². The number of methoxy groups -OCH3 is 1. The van der Waals surface area contributed by atoms with Crippen LogP contribution in [-0.4, -0.2) is 51.7 Å². The van der Waals surface area contributed by atoms with E-state index in [1.54, 1.807) is 7.11 Å². The zero-order valence-corrected chi connectivity index (χ0v) is 8.58. The lowest BCUT2D eigenvalue weighted by atomic mass is 10.2. The van der Waals surface area contributed by atoms with E-state index < -0.39 is 0 Å². The molecule has 0 aliphatic rings. The second-order valence-electron chi connectivity index (χ2n) is 3.10. The highest BCUT2D eigenvalue weighted by atomic mass is 16.5. The number of ether oxygens (including phenoxy) is 2. The molecule has 0 spiro atoms. The Morgan fingerprint density at radius 3 is 2.77 bits per heavy atom. The van der Waals surface area contributed by atoms with Crippen LogP contribution in [0.4, 0.5) is 0 Å². The van der Waals surface area contributed by atoms with Crippen LogP contribution in [0.2, 0.25) is 0 Å². The van der Waals surface area contributed by atoms with Gasteiger partial charge in [-0.1, -0.05) is 6.92 Å². The first-order valence-electron chi connectivity index (χ1n) is 4.69. The Bertz CT molecular complexity index is 101. The van der Waals surface area contributed by atoms with Gasteiger partial charge >= 0.3 is 0 Å². The Morgan fingerprint density at radius 1 is 1.38 bits per heavy atom. The van der Waals surface area contributed by atoms with Crippen molar-refractivity contribution in [2.45, 2.75) is 6.92 Å². The summed E-state index contributed by atoms with van der Waals surface area (Å²) >= 11 is 0. The lowest BCUT2D eigenvalue weighted by molar-refractivity contribution is 0.0924. The molecule has 1 atom stereocenters. The molecule has 80 valence electrons. The van der Waals surface area contributed by atoms with Crippen molar-refractivity contribution in [1.29, 1.82) is 0 Å². The van der Waals surface area contributed by atoms with Crippen molar-refractivity contribution in [3.8, 4) is 0 Å². The van der Waals surface area contributed by atoms with Crippen molar-refractivity contribution in [2.24, 2.45) is 5.92 Å². The fourth-order valence-electron chi connectivity index (χ4n) is 1.00. The highest BCUT2D eigenvalue weighted by Gasteiger charge is 1.99. The summed E-state index contributed by atoms with van der Waals surface area (Å²) in [7, 11) is 1.71. The van der Waals surface area contributed by atoms with Crippen LogP contribution in [0.1, 0.15) is 6.92 Å². The second-order valence-corrected chi connectivity index (χ2v) is 3.10. The number of nitrogens with one attached hydrogen (secondary N) is 1. The highest BCUT2D eigenvalue weighted by Crippen LogP contribution is 1.91. The van der Waals surface area contributed by atoms with E-state index in [0.29, 0.717) is 19.1 Å². The molecule has 0 amide bonds. The third-order valence-corrected chi connectivity index (χ3v) is 1.60. The SMILES string of the molecule is COCC(C)CNCCOCCO. The van der Waals surface area contributed by atoms with Crippen LogP contribution in [-0.2, 0) is 9.47 Å². The number of hydrogen-bond donors (Lipinski definition) is 2. The Kier molecular flexibility index (Phi) is 9.80. The van der Waals surface area contributed by atoms with Gasteiger partial charge in [0.05, 0.1) is 19.8 Å². The molecule has 0 radical (unpaired) electrons. The maximum Gasteiger partial charge on any atom is 0.0698 e. The van der Waals surface area contributed by atoms with E-state index in [1.165, 1.54) is 0 Å². The molecule has 0 aromatic carbocycles. The molecular formula is C9H21NO3. The van der Waals surface area contributed by atoms with Crippen LogP contribution in [0.25, 0.3) is 0 Å². The van der Waals surface area contributed by atoms with E-state index in [0.717, 1.165) is 19.7 Å². The van der Waals surface area contributed by atoms with Crippen molar-refractivity contribution < 1.29 is 14.6 Å². The van der Waals surface area contributed by atoms with Crippen molar-refractivity contribution in [3.63, 3.8) is 0 Å². The number of aliphatic hydroxyl groups excluding tert-OH is 1. The summed E-state index contributed by atoms with van der Waals surface area (Å²) in [5.74, 6) is 0.530. The van der Waals surface area contributed by atoms with Gasteiger partial charge in [-0.25, -0.2) is 0 Å².